The first kappa shape index (κ1) is 22.6. The highest BCUT2D eigenvalue weighted by molar-refractivity contribution is 5.88. The lowest BCUT2D eigenvalue weighted by Crippen LogP contribution is -2.52. The van der Waals surface area contributed by atoms with Gasteiger partial charge in [0.05, 0.1) is 0 Å². The molecule has 0 aromatic heterocycles. The largest absolute Gasteiger partial charge is 0.458 e. The maximum atomic E-state index is 12.0. The Labute approximate surface area is 147 Å². The molecule has 0 aliphatic rings. The molecule has 0 aliphatic carbocycles. The van der Waals surface area contributed by atoms with Gasteiger partial charge in [-0.3, -0.25) is 0 Å². The number of hydrogen-bond acceptors (Lipinski definition) is 7. The van der Waals surface area contributed by atoms with Crippen LogP contribution in [0, 0.1) is 5.92 Å². The monoisotopic (exact) mass is 354 g/mol. The predicted octanol–water partition coefficient (Wildman–Crippen LogP) is 1.71. The van der Waals surface area contributed by atoms with Gasteiger partial charge in [0.1, 0.15) is 13.2 Å². The van der Waals surface area contributed by atoms with E-state index in [9.17, 15) is 19.5 Å². The van der Waals surface area contributed by atoms with Crippen LogP contribution in [0.4, 0.5) is 0 Å². The topological polar surface area (TPSA) is 99.1 Å². The molecule has 0 saturated carbocycles. The summed E-state index contributed by atoms with van der Waals surface area (Å²) in [6.45, 7) is 15.1. The predicted molar refractivity (Wildman–Crippen MR) is 91.4 cm³/mol. The van der Waals surface area contributed by atoms with Crippen LogP contribution in [-0.2, 0) is 28.6 Å². The molecule has 0 amide bonds. The molecule has 0 spiro atoms. The van der Waals surface area contributed by atoms with E-state index in [1.807, 2.05) is 0 Å². The fourth-order valence-corrected chi connectivity index (χ4v) is 1.55. The van der Waals surface area contributed by atoms with Crippen molar-refractivity contribution in [2.75, 3.05) is 19.8 Å². The second-order valence-corrected chi connectivity index (χ2v) is 6.03. The Morgan fingerprint density at radius 3 is 1.52 bits per heavy atom. The molecule has 0 aromatic carbocycles. The van der Waals surface area contributed by atoms with Crippen LogP contribution in [0.2, 0.25) is 0 Å². The smallest absolute Gasteiger partial charge is 0.333 e. The highest BCUT2D eigenvalue weighted by Gasteiger charge is 2.43. The van der Waals surface area contributed by atoms with Crippen LogP contribution in [-0.4, -0.2) is 48.4 Å². The summed E-state index contributed by atoms with van der Waals surface area (Å²) in [5, 5.41) is 9.54. The number of ether oxygens (including phenoxy) is 3. The fourth-order valence-electron chi connectivity index (χ4n) is 1.55. The lowest BCUT2D eigenvalue weighted by atomic mass is 9.90. The van der Waals surface area contributed by atoms with Crippen LogP contribution in [0.25, 0.3) is 0 Å². The minimum absolute atomic E-state index is 0.104. The van der Waals surface area contributed by atoms with Crippen molar-refractivity contribution in [1.29, 1.82) is 0 Å². The molecular formula is C18H26O7. The van der Waals surface area contributed by atoms with Gasteiger partial charge in [0, 0.05) is 29.2 Å². The van der Waals surface area contributed by atoms with Crippen molar-refractivity contribution in [3.63, 3.8) is 0 Å². The molecule has 7 nitrogen and oxygen atoms in total. The number of rotatable bonds is 10. The first-order valence-electron chi connectivity index (χ1n) is 7.61. The number of carbonyl (C=O) groups excluding carboxylic acids is 3. The van der Waals surface area contributed by atoms with Gasteiger partial charge in [-0.15, -0.1) is 0 Å². The molecule has 140 valence electrons. The van der Waals surface area contributed by atoms with Crippen LogP contribution in [0.1, 0.15) is 27.7 Å². The summed E-state index contributed by atoms with van der Waals surface area (Å²) in [6, 6.07) is 0. The molecule has 0 radical (unpaired) electrons. The summed E-state index contributed by atoms with van der Waals surface area (Å²) in [5.41, 5.74) is -1.18. The van der Waals surface area contributed by atoms with E-state index in [1.165, 1.54) is 20.8 Å². The number of esters is 3. The van der Waals surface area contributed by atoms with Crippen LogP contribution >= 0.6 is 0 Å². The van der Waals surface area contributed by atoms with E-state index in [4.69, 9.17) is 14.2 Å². The van der Waals surface area contributed by atoms with Crippen molar-refractivity contribution in [3.05, 3.63) is 36.5 Å². The van der Waals surface area contributed by atoms with E-state index in [0.29, 0.717) is 0 Å². The molecular weight excluding hydrogens is 328 g/mol. The number of carbonyl (C=O) groups is 3. The normalized spacial score (nSPS) is 11.9. The van der Waals surface area contributed by atoms with Crippen LogP contribution in [0.15, 0.2) is 36.5 Å². The van der Waals surface area contributed by atoms with Crippen molar-refractivity contribution in [3.8, 4) is 0 Å². The van der Waals surface area contributed by atoms with Gasteiger partial charge in [0.25, 0.3) is 0 Å². The van der Waals surface area contributed by atoms with Gasteiger partial charge in [-0.05, 0) is 20.8 Å². The van der Waals surface area contributed by atoms with Gasteiger partial charge in [-0.1, -0.05) is 26.7 Å². The first-order chi connectivity index (χ1) is 11.5. The lowest BCUT2D eigenvalue weighted by Gasteiger charge is -2.36. The number of aliphatic hydroxyl groups excluding tert-OH is 1. The van der Waals surface area contributed by atoms with E-state index < -0.39 is 49.2 Å². The summed E-state index contributed by atoms with van der Waals surface area (Å²) in [4.78, 5) is 35.4. The van der Waals surface area contributed by atoms with Gasteiger partial charge in [0.2, 0.25) is 0 Å². The highest BCUT2D eigenvalue weighted by atomic mass is 16.6. The molecule has 1 atom stereocenters. The summed E-state index contributed by atoms with van der Waals surface area (Å²) in [6.07, 6.45) is 0. The minimum atomic E-state index is -1.58. The molecule has 0 bridgehead atoms. The Morgan fingerprint density at radius 2 is 1.24 bits per heavy atom. The second kappa shape index (κ2) is 9.78. The molecule has 7 heteroatoms. The zero-order chi connectivity index (χ0) is 19.8. The average molecular weight is 354 g/mol. The third-order valence-corrected chi connectivity index (χ3v) is 3.41. The molecule has 0 aromatic rings. The van der Waals surface area contributed by atoms with Crippen molar-refractivity contribution in [2.45, 2.75) is 33.3 Å². The van der Waals surface area contributed by atoms with Crippen molar-refractivity contribution < 1.29 is 33.7 Å². The molecule has 1 N–H and O–H groups in total. The molecule has 1 unspecified atom stereocenters. The van der Waals surface area contributed by atoms with Crippen molar-refractivity contribution in [2.24, 2.45) is 5.92 Å². The summed E-state index contributed by atoms with van der Waals surface area (Å²) in [7, 11) is 0. The van der Waals surface area contributed by atoms with Gasteiger partial charge in [-0.2, -0.15) is 0 Å². The first-order valence-corrected chi connectivity index (χ1v) is 7.61. The summed E-state index contributed by atoms with van der Waals surface area (Å²) < 4.78 is 15.6. The maximum Gasteiger partial charge on any atom is 0.333 e. The maximum absolute atomic E-state index is 12.0. The minimum Gasteiger partial charge on any atom is -0.458 e. The quantitative estimate of drug-likeness (QED) is 0.362. The molecule has 0 heterocycles. The fraction of sp³-hybridized carbons (Fsp3) is 0.500. The molecule has 0 aliphatic heterocycles. The van der Waals surface area contributed by atoms with E-state index in [-0.39, 0.29) is 16.7 Å². The van der Waals surface area contributed by atoms with Gasteiger partial charge in [-0.25, -0.2) is 14.4 Å². The van der Waals surface area contributed by atoms with Gasteiger partial charge >= 0.3 is 17.9 Å². The van der Waals surface area contributed by atoms with Gasteiger partial charge < -0.3 is 19.3 Å². The van der Waals surface area contributed by atoms with E-state index >= 15 is 0 Å². The standard InChI is InChI=1S/C18H26O7/c1-11(2)15(20)23-9-18(14(7)8-19,25-17(22)13(5)6)10-24-16(21)12(3)4/h14,19H,1,3,5,8-10H2,2,4,6-7H3. The highest BCUT2D eigenvalue weighted by Crippen LogP contribution is 2.26. The van der Waals surface area contributed by atoms with E-state index in [0.717, 1.165) is 0 Å². The van der Waals surface area contributed by atoms with Crippen LogP contribution in [0.5, 0.6) is 0 Å². The third-order valence-electron chi connectivity index (χ3n) is 3.41. The Kier molecular flexibility index (Phi) is 8.84. The van der Waals surface area contributed by atoms with Crippen molar-refractivity contribution >= 4 is 17.9 Å². The molecule has 25 heavy (non-hydrogen) atoms. The summed E-state index contributed by atoms with van der Waals surface area (Å²) in [5.74, 6) is -2.87. The number of hydrogen-bond donors (Lipinski definition) is 1. The average Bonchev–Trinajstić information content (AvgIpc) is 2.55. The SMILES string of the molecule is C=C(C)C(=O)OCC(COC(=O)C(=C)C)(OC(=O)C(=C)C)C(C)CO. The Morgan fingerprint density at radius 1 is 0.880 bits per heavy atom. The molecule has 0 fully saturated rings. The van der Waals surface area contributed by atoms with Crippen LogP contribution < -0.4 is 0 Å². The Balaban J connectivity index is 5.61. The van der Waals surface area contributed by atoms with E-state index in [1.54, 1.807) is 6.92 Å². The van der Waals surface area contributed by atoms with Crippen molar-refractivity contribution in [1.82, 2.24) is 0 Å². The van der Waals surface area contributed by atoms with E-state index in [2.05, 4.69) is 19.7 Å². The van der Waals surface area contributed by atoms with Gasteiger partial charge in [0.15, 0.2) is 5.60 Å². The summed E-state index contributed by atoms with van der Waals surface area (Å²) >= 11 is 0. The van der Waals surface area contributed by atoms with Crippen LogP contribution in [0.3, 0.4) is 0 Å². The Hall–Kier alpha value is -2.41. The zero-order valence-corrected chi connectivity index (χ0v) is 15.2. The molecule has 0 rings (SSSR count). The zero-order valence-electron chi connectivity index (χ0n) is 15.2. The Bertz CT molecular complexity index is 544. The third kappa shape index (κ3) is 6.93. The lowest BCUT2D eigenvalue weighted by molar-refractivity contribution is -0.190. The second-order valence-electron chi connectivity index (χ2n) is 6.03. The molecule has 0 saturated heterocycles. The number of aliphatic hydroxyl groups is 1.